The summed E-state index contributed by atoms with van der Waals surface area (Å²) in [6.07, 6.45) is -0.507. The third-order valence-corrected chi connectivity index (χ3v) is 2.34. The van der Waals surface area contributed by atoms with Gasteiger partial charge >= 0.3 is 0 Å². The molecule has 5 nitrogen and oxygen atoms in total. The van der Waals surface area contributed by atoms with Gasteiger partial charge in [0.25, 0.3) is 5.91 Å². The van der Waals surface area contributed by atoms with Crippen molar-refractivity contribution in [3.05, 3.63) is 18.2 Å². The molecule has 1 amide bonds. The summed E-state index contributed by atoms with van der Waals surface area (Å²) in [5.41, 5.74) is 0.607. The molecule has 5 heteroatoms. The Morgan fingerprint density at radius 2 is 1.65 bits per heavy atom. The first-order chi connectivity index (χ1) is 8.10. The maximum absolute atomic E-state index is 11.6. The van der Waals surface area contributed by atoms with Crippen LogP contribution in [0.2, 0.25) is 0 Å². The lowest BCUT2D eigenvalue weighted by atomic mass is 10.2. The van der Waals surface area contributed by atoms with Crippen LogP contribution in [0.15, 0.2) is 18.2 Å². The van der Waals surface area contributed by atoms with Gasteiger partial charge < -0.3 is 19.5 Å². The van der Waals surface area contributed by atoms with Gasteiger partial charge in [-0.3, -0.25) is 4.79 Å². The molecule has 0 heterocycles. The van der Waals surface area contributed by atoms with Gasteiger partial charge in [-0.15, -0.1) is 0 Å². The van der Waals surface area contributed by atoms with E-state index >= 15 is 0 Å². The summed E-state index contributed by atoms with van der Waals surface area (Å²) in [4.78, 5) is 11.6. The molecule has 0 radical (unpaired) electrons. The van der Waals surface area contributed by atoms with Crippen molar-refractivity contribution in [1.82, 2.24) is 0 Å². The summed E-state index contributed by atoms with van der Waals surface area (Å²) < 4.78 is 15.1. The van der Waals surface area contributed by atoms with Crippen LogP contribution in [-0.4, -0.2) is 33.3 Å². The fourth-order valence-electron chi connectivity index (χ4n) is 1.23. The third kappa shape index (κ3) is 3.64. The molecule has 0 aromatic heterocycles. The topological polar surface area (TPSA) is 56.8 Å². The molecule has 0 aliphatic rings. The smallest absolute Gasteiger partial charge is 0.253 e. The number of rotatable bonds is 5. The maximum atomic E-state index is 11.6. The summed E-state index contributed by atoms with van der Waals surface area (Å²) in [6, 6.07) is 5.15. The Morgan fingerprint density at radius 1 is 1.12 bits per heavy atom. The van der Waals surface area contributed by atoms with Gasteiger partial charge in [-0.1, -0.05) is 0 Å². The van der Waals surface area contributed by atoms with E-state index in [0.29, 0.717) is 17.2 Å². The van der Waals surface area contributed by atoms with Crippen molar-refractivity contribution >= 4 is 11.6 Å². The second-order valence-electron chi connectivity index (χ2n) is 3.47. The van der Waals surface area contributed by atoms with E-state index in [1.807, 2.05) is 0 Å². The minimum absolute atomic E-state index is 0.220. The van der Waals surface area contributed by atoms with Crippen molar-refractivity contribution in [1.29, 1.82) is 0 Å². The number of amides is 1. The summed E-state index contributed by atoms with van der Waals surface area (Å²) in [5.74, 6) is 1.01. The van der Waals surface area contributed by atoms with Crippen molar-refractivity contribution in [2.75, 3.05) is 26.6 Å². The van der Waals surface area contributed by atoms with Crippen molar-refractivity contribution in [2.24, 2.45) is 0 Å². The molecular formula is C12H17NO4. The Hall–Kier alpha value is -1.75. The molecule has 0 saturated heterocycles. The van der Waals surface area contributed by atoms with Crippen LogP contribution in [0.3, 0.4) is 0 Å². The predicted molar refractivity (Wildman–Crippen MR) is 64.6 cm³/mol. The highest BCUT2D eigenvalue weighted by Crippen LogP contribution is 2.25. The molecule has 1 atom stereocenters. The number of ether oxygens (including phenoxy) is 3. The molecule has 0 spiro atoms. The molecule has 0 fully saturated rings. The highest BCUT2D eigenvalue weighted by molar-refractivity contribution is 5.94. The second-order valence-corrected chi connectivity index (χ2v) is 3.47. The molecule has 0 aliphatic carbocycles. The highest BCUT2D eigenvalue weighted by Gasteiger charge is 2.12. The van der Waals surface area contributed by atoms with E-state index in [2.05, 4.69) is 5.32 Å². The summed E-state index contributed by atoms with van der Waals surface area (Å²) in [5, 5.41) is 2.72. The molecule has 17 heavy (non-hydrogen) atoms. The normalized spacial score (nSPS) is 11.8. The number of carbonyl (C=O) groups is 1. The van der Waals surface area contributed by atoms with Crippen LogP contribution in [0.25, 0.3) is 0 Å². The zero-order valence-electron chi connectivity index (χ0n) is 10.4. The standard InChI is InChI=1S/C12H17NO4/c1-8(15-2)12(14)13-9-5-10(16-3)7-11(6-9)17-4/h5-8H,1-4H3,(H,13,14)/t8-/m0/s1. The molecule has 0 bridgehead atoms. The van der Waals surface area contributed by atoms with Gasteiger partial charge in [-0.05, 0) is 6.92 Å². The van der Waals surface area contributed by atoms with Crippen molar-refractivity contribution in [3.8, 4) is 11.5 Å². The fraction of sp³-hybridized carbons (Fsp3) is 0.417. The third-order valence-electron chi connectivity index (χ3n) is 2.34. The monoisotopic (exact) mass is 239 g/mol. The predicted octanol–water partition coefficient (Wildman–Crippen LogP) is 1.68. The first-order valence-corrected chi connectivity index (χ1v) is 5.17. The molecule has 1 N–H and O–H groups in total. The first-order valence-electron chi connectivity index (χ1n) is 5.17. The molecule has 1 aromatic rings. The number of benzene rings is 1. The van der Waals surface area contributed by atoms with Gasteiger partial charge in [-0.2, -0.15) is 0 Å². The Labute approximate surface area is 101 Å². The van der Waals surface area contributed by atoms with Gasteiger partial charge in [-0.25, -0.2) is 0 Å². The Kier molecular flexibility index (Phi) is 4.78. The fourth-order valence-corrected chi connectivity index (χ4v) is 1.23. The highest BCUT2D eigenvalue weighted by atomic mass is 16.5. The van der Waals surface area contributed by atoms with Crippen LogP contribution in [0.4, 0.5) is 5.69 Å². The molecule has 1 aromatic carbocycles. The van der Waals surface area contributed by atoms with E-state index in [1.165, 1.54) is 7.11 Å². The summed E-state index contributed by atoms with van der Waals surface area (Å²) in [7, 11) is 4.59. The Morgan fingerprint density at radius 3 is 2.06 bits per heavy atom. The van der Waals surface area contributed by atoms with Gasteiger partial charge in [0.15, 0.2) is 0 Å². The molecule has 94 valence electrons. The lowest BCUT2D eigenvalue weighted by Gasteiger charge is -2.12. The zero-order valence-corrected chi connectivity index (χ0v) is 10.4. The first kappa shape index (κ1) is 13.3. The van der Waals surface area contributed by atoms with Crippen molar-refractivity contribution < 1.29 is 19.0 Å². The minimum Gasteiger partial charge on any atom is -0.497 e. The van der Waals surface area contributed by atoms with Crippen LogP contribution in [0, 0.1) is 0 Å². The average molecular weight is 239 g/mol. The average Bonchev–Trinajstić information content (AvgIpc) is 2.36. The second kappa shape index (κ2) is 6.10. The Balaban J connectivity index is 2.86. The number of carbonyl (C=O) groups excluding carboxylic acids is 1. The number of hydrogen-bond acceptors (Lipinski definition) is 4. The molecule has 0 saturated carbocycles. The number of anilines is 1. The molecule has 1 rings (SSSR count). The number of hydrogen-bond donors (Lipinski definition) is 1. The SMILES string of the molecule is COc1cc(NC(=O)[C@H](C)OC)cc(OC)c1. The van der Waals surface area contributed by atoms with E-state index in [1.54, 1.807) is 39.3 Å². The molecule has 0 aliphatic heterocycles. The lowest BCUT2D eigenvalue weighted by molar-refractivity contribution is -0.124. The summed E-state index contributed by atoms with van der Waals surface area (Å²) >= 11 is 0. The molecule has 0 unspecified atom stereocenters. The van der Waals surface area contributed by atoms with Gasteiger partial charge in [0, 0.05) is 31.0 Å². The van der Waals surface area contributed by atoms with Gasteiger partial charge in [0.1, 0.15) is 17.6 Å². The van der Waals surface area contributed by atoms with Crippen LogP contribution in [0.5, 0.6) is 11.5 Å². The largest absolute Gasteiger partial charge is 0.497 e. The van der Waals surface area contributed by atoms with Crippen LogP contribution in [-0.2, 0) is 9.53 Å². The van der Waals surface area contributed by atoms with E-state index in [9.17, 15) is 4.79 Å². The quantitative estimate of drug-likeness (QED) is 0.849. The van der Waals surface area contributed by atoms with E-state index in [-0.39, 0.29) is 5.91 Å². The van der Waals surface area contributed by atoms with Gasteiger partial charge in [0.05, 0.1) is 14.2 Å². The van der Waals surface area contributed by atoms with Crippen molar-refractivity contribution in [2.45, 2.75) is 13.0 Å². The van der Waals surface area contributed by atoms with E-state index < -0.39 is 6.10 Å². The minimum atomic E-state index is -0.507. The molecular weight excluding hydrogens is 222 g/mol. The van der Waals surface area contributed by atoms with E-state index in [4.69, 9.17) is 14.2 Å². The number of nitrogens with one attached hydrogen (secondary N) is 1. The van der Waals surface area contributed by atoms with Crippen LogP contribution < -0.4 is 14.8 Å². The number of methoxy groups -OCH3 is 3. The Bertz CT molecular complexity index is 370. The van der Waals surface area contributed by atoms with Crippen LogP contribution in [0.1, 0.15) is 6.92 Å². The van der Waals surface area contributed by atoms with Gasteiger partial charge in [0.2, 0.25) is 0 Å². The lowest BCUT2D eigenvalue weighted by Crippen LogP contribution is -2.26. The van der Waals surface area contributed by atoms with E-state index in [0.717, 1.165) is 0 Å². The summed E-state index contributed by atoms with van der Waals surface area (Å²) in [6.45, 7) is 1.67. The maximum Gasteiger partial charge on any atom is 0.253 e. The van der Waals surface area contributed by atoms with Crippen molar-refractivity contribution in [3.63, 3.8) is 0 Å². The zero-order chi connectivity index (χ0) is 12.8. The van der Waals surface area contributed by atoms with Crippen LogP contribution >= 0.6 is 0 Å².